The van der Waals surface area contributed by atoms with Crippen LogP contribution in [0.2, 0.25) is 0 Å². The number of fused-ring (bicyclic) bond motifs is 1. The molecule has 9 nitrogen and oxygen atoms in total. The molecule has 0 amide bonds. The van der Waals surface area contributed by atoms with Gasteiger partial charge in [0.25, 0.3) is 0 Å². The molecule has 0 fully saturated rings. The Balaban J connectivity index is 1.94. The van der Waals surface area contributed by atoms with Crippen molar-refractivity contribution in [2.75, 3.05) is 30.4 Å². The third kappa shape index (κ3) is 6.03. The summed E-state index contributed by atoms with van der Waals surface area (Å²) in [5.41, 5.74) is 3.88. The average molecular weight is 450 g/mol. The number of aliphatic hydroxyl groups excluding tert-OH is 2. The van der Waals surface area contributed by atoms with Crippen LogP contribution in [0.3, 0.4) is 0 Å². The van der Waals surface area contributed by atoms with Crippen LogP contribution >= 0.6 is 0 Å². The molecule has 3 heterocycles. The van der Waals surface area contributed by atoms with Crippen molar-refractivity contribution in [2.24, 2.45) is 4.99 Å². The summed E-state index contributed by atoms with van der Waals surface area (Å²) in [5.74, 6) is 0.816. The smallest absolute Gasteiger partial charge is 0.227 e. The third-order valence-corrected chi connectivity index (χ3v) is 4.96. The molecule has 4 N–H and O–H groups in total. The zero-order chi connectivity index (χ0) is 23.8. The Morgan fingerprint density at radius 2 is 2.00 bits per heavy atom. The molecule has 0 radical (unpaired) electrons. The Morgan fingerprint density at radius 3 is 2.70 bits per heavy atom. The summed E-state index contributed by atoms with van der Waals surface area (Å²) >= 11 is 0. The highest BCUT2D eigenvalue weighted by Crippen LogP contribution is 2.24. The van der Waals surface area contributed by atoms with E-state index in [0.29, 0.717) is 29.5 Å². The van der Waals surface area contributed by atoms with E-state index in [-0.39, 0.29) is 19.3 Å². The first kappa shape index (κ1) is 24.1. The molecule has 0 aromatic carbocycles. The van der Waals surface area contributed by atoms with E-state index >= 15 is 0 Å². The number of nitrogens with zero attached hydrogens (tertiary/aromatic N) is 5. The van der Waals surface area contributed by atoms with Gasteiger partial charge in [0.05, 0.1) is 37.8 Å². The number of imidazole rings is 1. The number of anilines is 2. The van der Waals surface area contributed by atoms with E-state index in [4.69, 9.17) is 0 Å². The highest BCUT2D eigenvalue weighted by Gasteiger charge is 2.17. The lowest BCUT2D eigenvalue weighted by Gasteiger charge is -2.15. The lowest BCUT2D eigenvalue weighted by molar-refractivity contribution is 0.203. The van der Waals surface area contributed by atoms with E-state index in [9.17, 15) is 10.2 Å². The molecule has 33 heavy (non-hydrogen) atoms. The molecule has 9 heteroatoms. The first-order valence-corrected chi connectivity index (χ1v) is 10.9. The summed E-state index contributed by atoms with van der Waals surface area (Å²) in [6.07, 6.45) is 15.3. The molecule has 1 aliphatic rings. The molecular weight excluding hydrogens is 418 g/mol. The van der Waals surface area contributed by atoms with Crippen LogP contribution in [0.1, 0.15) is 26.8 Å². The second kappa shape index (κ2) is 11.3. The fraction of sp³-hybridized carbons (Fsp3) is 0.333. The third-order valence-electron chi connectivity index (χ3n) is 4.96. The van der Waals surface area contributed by atoms with Crippen molar-refractivity contribution in [2.45, 2.75) is 32.9 Å². The van der Waals surface area contributed by atoms with Crippen LogP contribution in [0.4, 0.5) is 11.8 Å². The van der Waals surface area contributed by atoms with Crippen molar-refractivity contribution in [3.63, 3.8) is 0 Å². The maximum Gasteiger partial charge on any atom is 0.227 e. The second-order valence-corrected chi connectivity index (χ2v) is 7.83. The van der Waals surface area contributed by atoms with Crippen LogP contribution in [0.15, 0.2) is 71.7 Å². The zero-order valence-corrected chi connectivity index (χ0v) is 19.2. The predicted molar refractivity (Wildman–Crippen MR) is 134 cm³/mol. The Bertz CT molecular complexity index is 1140. The molecule has 1 aliphatic heterocycles. The predicted octanol–water partition coefficient (Wildman–Crippen LogP) is 3.17. The number of nitrogens with one attached hydrogen (secondary N) is 2. The van der Waals surface area contributed by atoms with E-state index in [1.165, 1.54) is 0 Å². The minimum atomic E-state index is -0.566. The summed E-state index contributed by atoms with van der Waals surface area (Å²) in [6.45, 7) is 10.1. The molecule has 0 bridgehead atoms. The molecule has 2 aromatic heterocycles. The van der Waals surface area contributed by atoms with Gasteiger partial charge in [-0.25, -0.2) is 4.98 Å². The Labute approximate surface area is 193 Å². The summed E-state index contributed by atoms with van der Waals surface area (Å²) < 4.78 is 1.94. The first-order chi connectivity index (χ1) is 16.0. The van der Waals surface area contributed by atoms with Crippen molar-refractivity contribution < 1.29 is 10.2 Å². The molecule has 0 spiro atoms. The molecule has 0 saturated heterocycles. The topological polar surface area (TPSA) is 120 Å². The van der Waals surface area contributed by atoms with Gasteiger partial charge in [-0.2, -0.15) is 9.97 Å². The Kier molecular flexibility index (Phi) is 8.28. The molecule has 3 rings (SSSR count). The quantitative estimate of drug-likeness (QED) is 0.411. The van der Waals surface area contributed by atoms with Crippen LogP contribution in [0.25, 0.3) is 11.2 Å². The standard InChI is InChI=1S/C24H31N7O2/c1-5-18(20-9-7-6-8-12-25-20)11-10-17(4)27-22-21-23(31(15-26-21)16(2)3)30-24(29-22)28-19(13-32)14-33/h5-11,15-16,19,32-33H,1,12-14H2,2-4H3,(H2,27,28,29,30)/b17-10+,18-11+. The highest BCUT2D eigenvalue weighted by atomic mass is 16.3. The normalized spacial score (nSPS) is 14.7. The van der Waals surface area contributed by atoms with E-state index in [0.717, 1.165) is 17.0 Å². The van der Waals surface area contributed by atoms with E-state index in [2.05, 4.69) is 37.2 Å². The minimum Gasteiger partial charge on any atom is -0.394 e. The number of allylic oxidation sites excluding steroid dienone is 8. The van der Waals surface area contributed by atoms with E-state index < -0.39 is 6.04 Å². The molecule has 0 saturated carbocycles. The maximum atomic E-state index is 9.44. The molecule has 2 aromatic rings. The van der Waals surface area contributed by atoms with Gasteiger partial charge in [0, 0.05) is 11.7 Å². The van der Waals surface area contributed by atoms with Crippen LogP contribution in [-0.4, -0.2) is 61.2 Å². The van der Waals surface area contributed by atoms with Gasteiger partial charge in [0.1, 0.15) is 0 Å². The van der Waals surface area contributed by atoms with Crippen LogP contribution < -0.4 is 10.6 Å². The largest absolute Gasteiger partial charge is 0.394 e. The SMILES string of the molecule is C=C/C(=C\C=C(/C)Nc1nc(NC(CO)CO)nc2c1ncn2C(C)C)C1=NCC=CC=C1. The maximum absolute atomic E-state index is 9.44. The number of aromatic nitrogens is 4. The van der Waals surface area contributed by atoms with Crippen molar-refractivity contribution in [3.05, 3.63) is 66.7 Å². The lowest BCUT2D eigenvalue weighted by atomic mass is 10.1. The van der Waals surface area contributed by atoms with Crippen molar-refractivity contribution in [3.8, 4) is 0 Å². The fourth-order valence-corrected chi connectivity index (χ4v) is 3.16. The summed E-state index contributed by atoms with van der Waals surface area (Å²) in [5, 5.41) is 25.1. The lowest BCUT2D eigenvalue weighted by Crippen LogP contribution is -2.28. The van der Waals surface area contributed by atoms with Gasteiger partial charge in [-0.05, 0) is 38.5 Å². The van der Waals surface area contributed by atoms with Crippen molar-refractivity contribution >= 4 is 28.6 Å². The van der Waals surface area contributed by atoms with Crippen LogP contribution in [0.5, 0.6) is 0 Å². The Hall–Kier alpha value is -3.56. The number of hydrogen-bond acceptors (Lipinski definition) is 8. The molecule has 0 aliphatic carbocycles. The number of rotatable bonds is 10. The number of hydrogen-bond donors (Lipinski definition) is 4. The van der Waals surface area contributed by atoms with Crippen LogP contribution in [0, 0.1) is 0 Å². The van der Waals surface area contributed by atoms with Gasteiger partial charge in [-0.15, -0.1) is 0 Å². The summed E-state index contributed by atoms with van der Waals surface area (Å²) in [7, 11) is 0. The van der Waals surface area contributed by atoms with Crippen LogP contribution in [-0.2, 0) is 0 Å². The van der Waals surface area contributed by atoms with Gasteiger partial charge in [-0.3, -0.25) is 4.99 Å². The molecule has 0 unspecified atom stereocenters. The summed E-state index contributed by atoms with van der Waals surface area (Å²) in [6, 6.07) is -0.418. The van der Waals surface area contributed by atoms with Gasteiger partial charge in [-0.1, -0.05) is 37.0 Å². The fourth-order valence-electron chi connectivity index (χ4n) is 3.16. The van der Waals surface area contributed by atoms with Crippen molar-refractivity contribution in [1.82, 2.24) is 19.5 Å². The molecule has 174 valence electrons. The Morgan fingerprint density at radius 1 is 1.21 bits per heavy atom. The van der Waals surface area contributed by atoms with Gasteiger partial charge >= 0.3 is 0 Å². The average Bonchev–Trinajstić information content (AvgIpc) is 3.05. The van der Waals surface area contributed by atoms with Gasteiger partial charge in [0.15, 0.2) is 17.0 Å². The number of aliphatic imine (C=N–C) groups is 1. The first-order valence-electron chi connectivity index (χ1n) is 10.9. The van der Waals surface area contributed by atoms with Crippen molar-refractivity contribution in [1.29, 1.82) is 0 Å². The van der Waals surface area contributed by atoms with Gasteiger partial charge < -0.3 is 25.4 Å². The number of aliphatic hydroxyl groups is 2. The monoisotopic (exact) mass is 449 g/mol. The highest BCUT2D eigenvalue weighted by molar-refractivity contribution is 6.10. The van der Waals surface area contributed by atoms with Gasteiger partial charge in [0.2, 0.25) is 5.95 Å². The zero-order valence-electron chi connectivity index (χ0n) is 19.2. The minimum absolute atomic E-state index is 0.148. The van der Waals surface area contributed by atoms with E-state index in [1.54, 1.807) is 12.4 Å². The second-order valence-electron chi connectivity index (χ2n) is 7.83. The molecular formula is C24H31N7O2. The molecule has 0 atom stereocenters. The van der Waals surface area contributed by atoms with E-state index in [1.807, 2.05) is 61.8 Å². The summed E-state index contributed by atoms with van der Waals surface area (Å²) in [4.78, 5) is 18.1.